The zero-order valence-electron chi connectivity index (χ0n) is 25.6. The highest BCUT2D eigenvalue weighted by atomic mass is 32.3. The smallest absolute Gasteiger partial charge is 0.394 e. The van der Waals surface area contributed by atoms with Gasteiger partial charge in [0.15, 0.2) is 0 Å². The first-order chi connectivity index (χ1) is 22.6. The fourth-order valence-electron chi connectivity index (χ4n) is 2.69. The van der Waals surface area contributed by atoms with Crippen molar-refractivity contribution in [1.29, 1.82) is 0 Å². The fourth-order valence-corrected chi connectivity index (χ4v) is 2.69. The number of nitrogen functional groups attached to an aromatic ring is 1. The molecule has 0 atom stereocenters. The molecule has 3 aromatic rings. The summed E-state index contributed by atoms with van der Waals surface area (Å²) in [4.78, 5) is 51.4. The molecule has 0 saturated heterocycles. The minimum atomic E-state index is -4.67. The zero-order chi connectivity index (χ0) is 38.5. The Morgan fingerprint density at radius 1 is 0.755 bits per heavy atom. The van der Waals surface area contributed by atoms with Gasteiger partial charge >= 0.3 is 28.3 Å². The normalized spacial score (nSPS) is 9.65. The van der Waals surface area contributed by atoms with E-state index in [2.05, 4.69) is 9.47 Å². The molecule has 0 bridgehead atoms. The van der Waals surface area contributed by atoms with E-state index < -0.39 is 72.5 Å². The molecule has 49 heavy (non-hydrogen) atoms. The molecule has 0 aliphatic rings. The molecule has 0 fully saturated rings. The molecule has 3 rings (SSSR count). The lowest BCUT2D eigenvalue weighted by Crippen LogP contribution is -2.07. The number of aromatic carboxylic acids is 1. The van der Waals surface area contributed by atoms with Crippen LogP contribution in [0.4, 0.5) is 30.2 Å². The molecule has 6 N–H and O–H groups in total. The summed E-state index contributed by atoms with van der Waals surface area (Å²) in [5, 5.41) is 36.4. The summed E-state index contributed by atoms with van der Waals surface area (Å²) < 4.78 is 79.8. The third kappa shape index (κ3) is 19.5. The molecule has 0 aliphatic heterocycles. The number of aliphatic hydroxyl groups is 1. The van der Waals surface area contributed by atoms with Crippen molar-refractivity contribution in [2.45, 2.75) is 20.8 Å². The van der Waals surface area contributed by atoms with E-state index in [1.165, 1.54) is 12.1 Å². The molecule has 0 unspecified atom stereocenters. The predicted molar refractivity (Wildman–Crippen MR) is 165 cm³/mol. The molecular weight excluding hydrogens is 695 g/mol. The molecule has 0 aliphatic carbocycles. The highest BCUT2D eigenvalue weighted by molar-refractivity contribution is 7.79. The number of halogens is 3. The van der Waals surface area contributed by atoms with Crippen molar-refractivity contribution in [2.75, 3.05) is 25.6 Å². The summed E-state index contributed by atoms with van der Waals surface area (Å²) in [7, 11) is -4.67. The van der Waals surface area contributed by atoms with Crippen LogP contribution >= 0.6 is 0 Å². The minimum Gasteiger partial charge on any atom is -0.478 e. The van der Waals surface area contributed by atoms with Gasteiger partial charge in [0.1, 0.15) is 17.5 Å². The Morgan fingerprint density at radius 3 is 1.33 bits per heavy atom. The number of nitro benzene ring substituents is 2. The number of hydrogen-bond acceptors (Lipinski definition) is 13. The number of ether oxygens (including phenoxy) is 2. The first-order valence-electron chi connectivity index (χ1n) is 13.0. The van der Waals surface area contributed by atoms with Crippen LogP contribution in [-0.2, 0) is 19.9 Å². The Labute approximate surface area is 276 Å². The van der Waals surface area contributed by atoms with E-state index in [0.29, 0.717) is 12.1 Å². The van der Waals surface area contributed by atoms with Gasteiger partial charge in [0.25, 0.3) is 11.4 Å². The second kappa shape index (κ2) is 22.8. The van der Waals surface area contributed by atoms with E-state index in [0.717, 1.165) is 30.3 Å². The van der Waals surface area contributed by atoms with E-state index in [1.54, 1.807) is 20.8 Å². The molecule has 0 saturated carbocycles. The lowest BCUT2D eigenvalue weighted by atomic mass is 10.2. The second-order valence-corrected chi connectivity index (χ2v) is 8.99. The number of carboxylic acid groups (broad SMARTS) is 1. The van der Waals surface area contributed by atoms with Crippen LogP contribution in [0.2, 0.25) is 0 Å². The third-order valence-electron chi connectivity index (χ3n) is 4.54. The zero-order valence-corrected chi connectivity index (χ0v) is 26.4. The molecule has 0 aromatic heterocycles. The van der Waals surface area contributed by atoms with Gasteiger partial charge in [0.05, 0.1) is 51.9 Å². The first-order valence-corrected chi connectivity index (χ1v) is 14.4. The van der Waals surface area contributed by atoms with Gasteiger partial charge in [0, 0.05) is 25.9 Å². The molecule has 18 nitrogen and oxygen atoms in total. The number of carbonyl (C=O) groups excluding carboxylic acids is 2. The number of carbonyl (C=O) groups is 3. The molecule has 0 spiro atoms. The maximum atomic E-state index is 13.2. The van der Waals surface area contributed by atoms with Crippen LogP contribution in [0.1, 0.15) is 53.3 Å². The van der Waals surface area contributed by atoms with Crippen LogP contribution in [0.25, 0.3) is 0 Å². The lowest BCUT2D eigenvalue weighted by molar-refractivity contribution is -0.385. The van der Waals surface area contributed by atoms with Crippen LogP contribution < -0.4 is 5.73 Å². The van der Waals surface area contributed by atoms with Crippen LogP contribution in [0, 0.1) is 37.7 Å². The van der Waals surface area contributed by atoms with Gasteiger partial charge in [-0.25, -0.2) is 27.6 Å². The van der Waals surface area contributed by atoms with Gasteiger partial charge in [-0.05, 0) is 51.1 Å². The molecule has 0 heterocycles. The number of anilines is 1. The van der Waals surface area contributed by atoms with Crippen LogP contribution in [0.15, 0.2) is 54.6 Å². The summed E-state index contributed by atoms with van der Waals surface area (Å²) in [5.41, 5.74) is 3.75. The average molecular weight is 728 g/mol. The number of aliphatic hydroxyl groups excluding tert-OH is 1. The first kappa shape index (κ1) is 45.4. The monoisotopic (exact) mass is 727 g/mol. The van der Waals surface area contributed by atoms with Crippen LogP contribution in [0.3, 0.4) is 0 Å². The number of carboxylic acids is 1. The topological polar surface area (TPSA) is 297 Å². The second-order valence-electron chi connectivity index (χ2n) is 8.09. The minimum absolute atomic E-state index is 0. The van der Waals surface area contributed by atoms with E-state index in [9.17, 15) is 47.8 Å². The maximum absolute atomic E-state index is 13.2. The van der Waals surface area contributed by atoms with Gasteiger partial charge in [-0.15, -0.1) is 0 Å². The van der Waals surface area contributed by atoms with E-state index in [4.69, 9.17) is 33.5 Å². The number of nitro groups is 2. The number of rotatable bonds is 7. The third-order valence-corrected chi connectivity index (χ3v) is 4.54. The highest BCUT2D eigenvalue weighted by Gasteiger charge is 2.17. The SMILES string of the molecule is CCO.CCOC(=O)c1ccc(N)cc1F.CCOC(=O)c1ccc([N+](=O)[O-])cc1F.O=C(O)c1ccc([N+](=O)[O-])cc1F.O=S(=O)(O)O.[HH]. The van der Waals surface area contributed by atoms with Crippen molar-refractivity contribution in [2.24, 2.45) is 0 Å². The number of hydrogen-bond donors (Lipinski definition) is 5. The summed E-state index contributed by atoms with van der Waals surface area (Å²) in [6.45, 7) is 5.52. The van der Waals surface area contributed by atoms with Gasteiger partial charge in [0.2, 0.25) is 0 Å². The van der Waals surface area contributed by atoms with E-state index >= 15 is 0 Å². The molecular formula is C27H32F3N3O15S. The van der Waals surface area contributed by atoms with Gasteiger partial charge in [-0.3, -0.25) is 29.3 Å². The lowest BCUT2D eigenvalue weighted by Gasteiger charge is -2.02. The molecule has 0 amide bonds. The largest absolute Gasteiger partial charge is 0.478 e. The quantitative estimate of drug-likeness (QED) is 0.0734. The Hall–Kier alpha value is -5.71. The molecule has 272 valence electrons. The predicted octanol–water partition coefficient (Wildman–Crippen LogP) is 4.52. The average Bonchev–Trinajstić information content (AvgIpc) is 2.97. The molecule has 3 aromatic carbocycles. The number of esters is 2. The van der Waals surface area contributed by atoms with Crippen molar-refractivity contribution in [1.82, 2.24) is 0 Å². The van der Waals surface area contributed by atoms with Crippen molar-refractivity contribution >= 4 is 45.4 Å². The summed E-state index contributed by atoms with van der Waals surface area (Å²) in [6.07, 6.45) is 0. The number of nitrogens with zero attached hydrogens (tertiary/aromatic N) is 2. The fraction of sp³-hybridized carbons (Fsp3) is 0.222. The van der Waals surface area contributed by atoms with Crippen molar-refractivity contribution in [3.05, 3.63) is 109 Å². The summed E-state index contributed by atoms with van der Waals surface area (Å²) >= 11 is 0. The Kier molecular flexibility index (Phi) is 21.1. The summed E-state index contributed by atoms with van der Waals surface area (Å²) in [5.74, 6) is -5.67. The number of nitrogens with two attached hydrogens (primary N) is 1. The number of non-ortho nitro benzene ring substituents is 2. The molecule has 0 radical (unpaired) electrons. The summed E-state index contributed by atoms with van der Waals surface area (Å²) in [6, 6.07) is 8.99. The van der Waals surface area contributed by atoms with Crippen molar-refractivity contribution in [3.8, 4) is 0 Å². The van der Waals surface area contributed by atoms with Crippen molar-refractivity contribution < 1.29 is 76.0 Å². The standard InChI is InChI=1S/C9H8FNO4.C9H10FNO2.C7H4FNO4.C2H6O.H2O4S.H2/c1-2-15-9(12)7-4-3-6(11(13)14)5-8(7)10;1-2-13-9(12)7-4-3-6(11)5-8(7)10;8-6-3-4(9(12)13)1-2-5(6)7(10)11;1-2-3;1-5(2,3)4;/h3-5H,2H2,1H3;3-5H,2,11H2,1H3;1-3H,(H,10,11);3H,2H2,1H3;(H2,1,2,3,4);1H. The Balaban J connectivity index is -0.000000593. The Bertz CT molecular complexity index is 1710. The Morgan fingerprint density at radius 2 is 1.06 bits per heavy atom. The van der Waals surface area contributed by atoms with Crippen LogP contribution in [0.5, 0.6) is 0 Å². The number of benzene rings is 3. The van der Waals surface area contributed by atoms with Gasteiger partial charge < -0.3 is 25.4 Å². The van der Waals surface area contributed by atoms with Gasteiger partial charge in [-0.2, -0.15) is 8.42 Å². The molecule has 22 heteroatoms. The van der Waals surface area contributed by atoms with Crippen LogP contribution in [-0.4, -0.2) is 75.3 Å². The highest BCUT2D eigenvalue weighted by Crippen LogP contribution is 2.18. The van der Waals surface area contributed by atoms with E-state index in [1.807, 2.05) is 0 Å². The maximum Gasteiger partial charge on any atom is 0.394 e. The van der Waals surface area contributed by atoms with Gasteiger partial charge in [-0.1, -0.05) is 0 Å². The van der Waals surface area contributed by atoms with E-state index in [-0.39, 0.29) is 38.1 Å². The van der Waals surface area contributed by atoms with Crippen molar-refractivity contribution in [3.63, 3.8) is 0 Å².